The molecule has 5 rings (SSSR count). The molecule has 2 fully saturated rings. The smallest absolute Gasteiger partial charge is 0.413 e. The molecule has 1 amide bonds. The van der Waals surface area contributed by atoms with Crippen LogP contribution in [0.2, 0.25) is 0 Å². The van der Waals surface area contributed by atoms with Crippen LogP contribution in [-0.2, 0) is 11.2 Å². The number of nitrogens with zero attached hydrogens (tertiary/aromatic N) is 1. The third-order valence-corrected chi connectivity index (χ3v) is 7.08. The molecular weight excluding hydrogens is 346 g/mol. The number of ether oxygens (including phenoxy) is 1. The van der Waals surface area contributed by atoms with Crippen molar-refractivity contribution in [3.8, 4) is 0 Å². The number of benzene rings is 2. The van der Waals surface area contributed by atoms with Crippen LogP contribution in [0.15, 0.2) is 66.4 Å². The second-order valence-electron chi connectivity index (χ2n) is 8.41. The molecule has 2 bridgehead atoms. The zero-order valence-corrected chi connectivity index (χ0v) is 16.4. The van der Waals surface area contributed by atoms with Gasteiger partial charge in [-0.15, -0.1) is 0 Å². The summed E-state index contributed by atoms with van der Waals surface area (Å²) >= 11 is 0. The van der Waals surface area contributed by atoms with Gasteiger partial charge in [-0.2, -0.15) is 0 Å². The quantitative estimate of drug-likeness (QED) is 0.704. The standard InChI is InChI=1S/C25H27NO2/c1-28-25(27)26(15-14-17-8-4-2-5-9-17)24-22(18-10-6-3-7-11-18)21-19-12-13-20(16-19)23(21)24/h2-11,19-21,23H,12-16H2,1H3/t19-,20+,21-,23-/m1/s1. The van der Waals surface area contributed by atoms with Crippen LogP contribution in [0.1, 0.15) is 30.4 Å². The number of hydrogen-bond acceptors (Lipinski definition) is 2. The molecular formula is C25H27NO2. The van der Waals surface area contributed by atoms with E-state index < -0.39 is 0 Å². The number of carbonyl (C=O) groups excluding carboxylic acids is 1. The van der Waals surface area contributed by atoms with Gasteiger partial charge in [-0.25, -0.2) is 4.79 Å². The van der Waals surface area contributed by atoms with E-state index in [-0.39, 0.29) is 6.09 Å². The second-order valence-corrected chi connectivity index (χ2v) is 8.41. The van der Waals surface area contributed by atoms with Gasteiger partial charge in [-0.1, -0.05) is 60.7 Å². The Morgan fingerprint density at radius 1 is 0.964 bits per heavy atom. The van der Waals surface area contributed by atoms with E-state index in [0.29, 0.717) is 18.4 Å². The lowest BCUT2D eigenvalue weighted by atomic mass is 9.62. The van der Waals surface area contributed by atoms with Crippen LogP contribution in [0.25, 0.3) is 5.57 Å². The van der Waals surface area contributed by atoms with Crippen LogP contribution < -0.4 is 0 Å². The highest BCUT2D eigenvalue weighted by Gasteiger charge is 2.58. The molecule has 0 aromatic heterocycles. The summed E-state index contributed by atoms with van der Waals surface area (Å²) in [4.78, 5) is 14.8. The Labute approximate surface area is 167 Å². The first-order valence-corrected chi connectivity index (χ1v) is 10.5. The molecule has 144 valence electrons. The fraction of sp³-hybridized carbons (Fsp3) is 0.400. The van der Waals surface area contributed by atoms with E-state index >= 15 is 0 Å². The average molecular weight is 373 g/mol. The highest BCUT2D eigenvalue weighted by Crippen LogP contribution is 2.66. The van der Waals surface area contributed by atoms with Crippen LogP contribution in [-0.4, -0.2) is 24.6 Å². The molecule has 0 radical (unpaired) electrons. The van der Waals surface area contributed by atoms with E-state index in [0.717, 1.165) is 18.3 Å². The van der Waals surface area contributed by atoms with Gasteiger partial charge in [0.2, 0.25) is 0 Å². The summed E-state index contributed by atoms with van der Waals surface area (Å²) in [7, 11) is 1.50. The van der Waals surface area contributed by atoms with E-state index in [1.54, 1.807) is 0 Å². The van der Waals surface area contributed by atoms with Crippen molar-refractivity contribution in [2.75, 3.05) is 13.7 Å². The Hall–Kier alpha value is -2.55. The summed E-state index contributed by atoms with van der Waals surface area (Å²) in [6.45, 7) is 0.670. The highest BCUT2D eigenvalue weighted by molar-refractivity contribution is 5.83. The molecule has 0 aliphatic heterocycles. The first-order valence-electron chi connectivity index (χ1n) is 10.5. The van der Waals surface area contributed by atoms with Crippen LogP contribution in [0, 0.1) is 23.7 Å². The van der Waals surface area contributed by atoms with Crippen molar-refractivity contribution in [2.45, 2.75) is 25.7 Å². The molecule has 2 saturated carbocycles. The van der Waals surface area contributed by atoms with Gasteiger partial charge in [0, 0.05) is 18.2 Å². The van der Waals surface area contributed by atoms with Gasteiger partial charge in [-0.3, -0.25) is 4.90 Å². The predicted molar refractivity (Wildman–Crippen MR) is 110 cm³/mol. The number of rotatable bonds is 5. The molecule has 2 aromatic rings. The Morgan fingerprint density at radius 2 is 1.61 bits per heavy atom. The van der Waals surface area contributed by atoms with Gasteiger partial charge in [0.1, 0.15) is 0 Å². The van der Waals surface area contributed by atoms with Gasteiger partial charge in [0.05, 0.1) is 7.11 Å². The van der Waals surface area contributed by atoms with Gasteiger partial charge in [0.15, 0.2) is 0 Å². The fourth-order valence-corrected chi connectivity index (χ4v) is 5.94. The third kappa shape index (κ3) is 2.76. The van der Waals surface area contributed by atoms with Crippen LogP contribution in [0.5, 0.6) is 0 Å². The van der Waals surface area contributed by atoms with E-state index in [1.807, 2.05) is 11.0 Å². The maximum absolute atomic E-state index is 12.8. The number of fused-ring (bicyclic) bond motifs is 5. The molecule has 3 aliphatic rings. The van der Waals surface area contributed by atoms with Gasteiger partial charge >= 0.3 is 6.09 Å². The van der Waals surface area contributed by atoms with E-state index in [1.165, 1.54) is 48.8 Å². The number of hydrogen-bond donors (Lipinski definition) is 0. The van der Waals surface area contributed by atoms with Crippen molar-refractivity contribution in [3.05, 3.63) is 77.5 Å². The summed E-state index contributed by atoms with van der Waals surface area (Å²) in [5.41, 5.74) is 5.17. The molecule has 3 nitrogen and oxygen atoms in total. The first-order chi connectivity index (χ1) is 13.8. The monoisotopic (exact) mass is 373 g/mol. The summed E-state index contributed by atoms with van der Waals surface area (Å²) in [5, 5.41) is 0. The molecule has 0 saturated heterocycles. The minimum atomic E-state index is -0.222. The first kappa shape index (κ1) is 17.5. The Bertz CT molecular complexity index is 889. The molecule has 3 aliphatic carbocycles. The Morgan fingerprint density at radius 3 is 2.29 bits per heavy atom. The molecule has 28 heavy (non-hydrogen) atoms. The van der Waals surface area contributed by atoms with Gasteiger partial charge in [0.25, 0.3) is 0 Å². The van der Waals surface area contributed by atoms with E-state index in [4.69, 9.17) is 4.74 Å². The van der Waals surface area contributed by atoms with Crippen molar-refractivity contribution in [1.82, 2.24) is 4.90 Å². The highest BCUT2D eigenvalue weighted by atomic mass is 16.5. The van der Waals surface area contributed by atoms with Crippen molar-refractivity contribution < 1.29 is 9.53 Å². The topological polar surface area (TPSA) is 29.5 Å². The normalized spacial score (nSPS) is 27.3. The maximum Gasteiger partial charge on any atom is 0.413 e. The number of methoxy groups -OCH3 is 1. The predicted octanol–water partition coefficient (Wildman–Crippen LogP) is 5.38. The van der Waals surface area contributed by atoms with Gasteiger partial charge < -0.3 is 4.74 Å². The molecule has 0 N–H and O–H groups in total. The van der Waals surface area contributed by atoms with Crippen molar-refractivity contribution in [2.24, 2.45) is 23.7 Å². The van der Waals surface area contributed by atoms with Crippen LogP contribution in [0.4, 0.5) is 4.79 Å². The van der Waals surface area contributed by atoms with E-state index in [2.05, 4.69) is 54.6 Å². The zero-order chi connectivity index (χ0) is 19.1. The van der Waals surface area contributed by atoms with Crippen LogP contribution >= 0.6 is 0 Å². The lowest BCUT2D eigenvalue weighted by Crippen LogP contribution is -2.46. The van der Waals surface area contributed by atoms with Gasteiger partial charge in [-0.05, 0) is 60.1 Å². The average Bonchev–Trinajstić information content (AvgIpc) is 3.30. The number of allylic oxidation sites excluding steroid dienone is 2. The van der Waals surface area contributed by atoms with Crippen molar-refractivity contribution in [3.63, 3.8) is 0 Å². The van der Waals surface area contributed by atoms with E-state index in [9.17, 15) is 4.79 Å². The number of amides is 1. The third-order valence-electron chi connectivity index (χ3n) is 7.08. The van der Waals surface area contributed by atoms with Crippen molar-refractivity contribution >= 4 is 11.7 Å². The molecule has 2 aromatic carbocycles. The summed E-state index contributed by atoms with van der Waals surface area (Å²) in [6.07, 6.45) is 4.60. The maximum atomic E-state index is 12.8. The lowest BCUT2D eigenvalue weighted by molar-refractivity contribution is 0.119. The van der Waals surface area contributed by atoms with Crippen molar-refractivity contribution in [1.29, 1.82) is 0 Å². The number of carbonyl (C=O) groups is 1. The molecule has 4 atom stereocenters. The van der Waals surface area contributed by atoms with Crippen LogP contribution in [0.3, 0.4) is 0 Å². The Balaban J connectivity index is 1.52. The summed E-state index contributed by atoms with van der Waals surface area (Å²) in [5.74, 6) is 2.69. The fourth-order valence-electron chi connectivity index (χ4n) is 5.94. The second kappa shape index (κ2) is 7.12. The molecule has 3 heteroatoms. The zero-order valence-electron chi connectivity index (χ0n) is 16.4. The summed E-state index contributed by atoms with van der Waals surface area (Å²) < 4.78 is 5.22. The minimum absolute atomic E-state index is 0.222. The summed E-state index contributed by atoms with van der Waals surface area (Å²) in [6, 6.07) is 21.1. The Kier molecular flexibility index (Phi) is 4.46. The minimum Gasteiger partial charge on any atom is -0.452 e. The SMILES string of the molecule is COC(=O)N(CCc1ccccc1)C1=C(c2ccccc2)[C@H]2[C@@H]3CC[C@@H](C3)[C@@H]12. The molecule has 0 spiro atoms. The molecule has 0 unspecified atom stereocenters. The molecule has 0 heterocycles. The largest absolute Gasteiger partial charge is 0.452 e. The lowest BCUT2D eigenvalue weighted by Gasteiger charge is -2.48.